The molecule has 0 spiro atoms. The molecule has 2 amide bonds. The van der Waals surface area contributed by atoms with Crippen LogP contribution in [-0.4, -0.2) is 16.1 Å². The van der Waals surface area contributed by atoms with E-state index in [1.165, 1.54) is 42.5 Å². The average molecular weight is 521 g/mol. The summed E-state index contributed by atoms with van der Waals surface area (Å²) in [6.45, 7) is 0. The fourth-order valence-electron chi connectivity index (χ4n) is 3.16. The van der Waals surface area contributed by atoms with Gasteiger partial charge in [0.25, 0.3) is 11.1 Å². The number of alkyl halides is 3. The Kier molecular flexibility index (Phi) is 6.55. The smallest absolute Gasteiger partial charge is 0.416 e. The molecule has 35 heavy (non-hydrogen) atoms. The molecular formula is C23H12ClF3N2O5S. The van der Waals surface area contributed by atoms with Crippen molar-refractivity contribution in [3.05, 3.63) is 97.9 Å². The highest BCUT2D eigenvalue weighted by atomic mass is 35.5. The van der Waals surface area contributed by atoms with Crippen molar-refractivity contribution < 1.29 is 32.4 Å². The highest BCUT2D eigenvalue weighted by Crippen LogP contribution is 2.40. The number of rotatable bonds is 5. The Bertz CT molecular complexity index is 1380. The van der Waals surface area contributed by atoms with E-state index in [4.69, 9.17) is 16.3 Å². The van der Waals surface area contributed by atoms with Gasteiger partial charge in [-0.05, 0) is 60.3 Å². The van der Waals surface area contributed by atoms with Crippen molar-refractivity contribution in [3.8, 4) is 11.5 Å². The van der Waals surface area contributed by atoms with Gasteiger partial charge in [0.1, 0.15) is 5.75 Å². The molecule has 0 bridgehead atoms. The molecular weight excluding hydrogens is 509 g/mol. The fourth-order valence-corrected chi connectivity index (χ4v) is 4.11. The molecule has 3 aromatic rings. The van der Waals surface area contributed by atoms with Gasteiger partial charge in [-0.25, -0.2) is 4.90 Å². The lowest BCUT2D eigenvalue weighted by atomic mass is 10.1. The Hall–Kier alpha value is -3.83. The largest absolute Gasteiger partial charge is 0.449 e. The van der Waals surface area contributed by atoms with Crippen LogP contribution in [-0.2, 0) is 11.0 Å². The van der Waals surface area contributed by atoms with Gasteiger partial charge in [-0.2, -0.15) is 13.2 Å². The van der Waals surface area contributed by atoms with Crippen LogP contribution in [0.1, 0.15) is 11.1 Å². The van der Waals surface area contributed by atoms with E-state index in [2.05, 4.69) is 0 Å². The minimum atomic E-state index is -4.77. The molecule has 0 unspecified atom stereocenters. The number of nitro groups is 1. The summed E-state index contributed by atoms with van der Waals surface area (Å²) in [5.41, 5.74) is -1.47. The molecule has 1 aliphatic heterocycles. The Labute approximate surface area is 204 Å². The van der Waals surface area contributed by atoms with Crippen LogP contribution in [0.15, 0.2) is 71.6 Å². The average Bonchev–Trinajstić information content (AvgIpc) is 3.08. The first-order chi connectivity index (χ1) is 16.5. The van der Waals surface area contributed by atoms with E-state index in [-0.39, 0.29) is 16.2 Å². The zero-order chi connectivity index (χ0) is 25.3. The number of hydrogen-bond acceptors (Lipinski definition) is 6. The third kappa shape index (κ3) is 5.15. The maximum absolute atomic E-state index is 13.0. The van der Waals surface area contributed by atoms with Crippen LogP contribution < -0.4 is 9.64 Å². The molecule has 0 radical (unpaired) electrons. The monoisotopic (exact) mass is 520 g/mol. The van der Waals surface area contributed by atoms with Gasteiger partial charge in [0.15, 0.2) is 0 Å². The molecule has 4 rings (SSSR count). The molecule has 0 saturated carbocycles. The molecule has 7 nitrogen and oxygen atoms in total. The summed E-state index contributed by atoms with van der Waals surface area (Å²) in [5.74, 6) is -0.982. The lowest BCUT2D eigenvalue weighted by molar-refractivity contribution is -0.385. The fraction of sp³-hybridized carbons (Fsp3) is 0.0435. The summed E-state index contributed by atoms with van der Waals surface area (Å²) < 4.78 is 44.5. The number of thioether (sulfide) groups is 1. The van der Waals surface area contributed by atoms with E-state index in [0.29, 0.717) is 34.6 Å². The topological polar surface area (TPSA) is 89.7 Å². The number of benzene rings is 3. The molecule has 0 atom stereocenters. The van der Waals surface area contributed by atoms with Crippen LogP contribution in [0.25, 0.3) is 6.08 Å². The molecule has 1 aliphatic rings. The number of imide groups is 1. The zero-order valence-corrected chi connectivity index (χ0v) is 18.9. The minimum absolute atomic E-state index is 0.0358. The molecule has 0 aliphatic carbocycles. The minimum Gasteiger partial charge on any atom is -0.449 e. The summed E-state index contributed by atoms with van der Waals surface area (Å²) >= 11 is 6.54. The number of nitrogens with zero attached hydrogens (tertiary/aromatic N) is 2. The zero-order valence-electron chi connectivity index (χ0n) is 17.3. The standard InChI is InChI=1S/C23H12ClF3N2O5S/c24-15-6-8-16(9-7-15)28-21(30)20(35-22(28)31)11-13-3-1-2-4-18(13)34-19-10-5-14(23(25,26)27)12-17(19)29(32)33/h1-12H/b20-11-. The van der Waals surface area contributed by atoms with E-state index in [0.717, 1.165) is 11.0 Å². The number of carbonyl (C=O) groups is 2. The first-order valence-electron chi connectivity index (χ1n) is 9.70. The van der Waals surface area contributed by atoms with Gasteiger partial charge in [0.2, 0.25) is 5.75 Å². The second-order valence-electron chi connectivity index (χ2n) is 7.07. The molecule has 12 heteroatoms. The van der Waals surface area contributed by atoms with E-state index in [1.54, 1.807) is 12.1 Å². The van der Waals surface area contributed by atoms with Gasteiger partial charge >= 0.3 is 11.9 Å². The van der Waals surface area contributed by atoms with Crippen LogP contribution in [0.4, 0.5) is 29.3 Å². The molecule has 0 aromatic heterocycles. The van der Waals surface area contributed by atoms with Crippen molar-refractivity contribution in [3.63, 3.8) is 0 Å². The summed E-state index contributed by atoms with van der Waals surface area (Å²) in [5, 5.41) is 11.3. The van der Waals surface area contributed by atoms with Gasteiger partial charge in [0.05, 0.1) is 21.1 Å². The molecule has 1 saturated heterocycles. The predicted octanol–water partition coefficient (Wildman–Crippen LogP) is 7.30. The van der Waals surface area contributed by atoms with Crippen molar-refractivity contribution >= 4 is 52.0 Å². The van der Waals surface area contributed by atoms with Crippen molar-refractivity contribution in [2.24, 2.45) is 0 Å². The first-order valence-corrected chi connectivity index (χ1v) is 10.9. The van der Waals surface area contributed by atoms with Crippen LogP contribution in [0, 0.1) is 10.1 Å². The van der Waals surface area contributed by atoms with Gasteiger partial charge < -0.3 is 4.74 Å². The van der Waals surface area contributed by atoms with Gasteiger partial charge in [0, 0.05) is 16.7 Å². The summed E-state index contributed by atoms with van der Waals surface area (Å²) in [6.07, 6.45) is -3.40. The number of nitro benzene ring substituents is 1. The third-order valence-electron chi connectivity index (χ3n) is 4.79. The van der Waals surface area contributed by atoms with E-state index < -0.39 is 39.2 Å². The number of hydrogen-bond donors (Lipinski definition) is 0. The summed E-state index contributed by atoms with van der Waals surface area (Å²) in [7, 11) is 0. The Balaban J connectivity index is 1.67. The third-order valence-corrected chi connectivity index (χ3v) is 5.91. The SMILES string of the molecule is O=C1S/C(=C\c2ccccc2Oc2ccc(C(F)(F)F)cc2[N+](=O)[O-])C(=O)N1c1ccc(Cl)cc1. The molecule has 3 aromatic carbocycles. The lowest BCUT2D eigenvalue weighted by Gasteiger charge is -2.12. The van der Waals surface area contributed by atoms with E-state index in [1.807, 2.05) is 0 Å². The molecule has 1 heterocycles. The van der Waals surface area contributed by atoms with Crippen LogP contribution in [0.5, 0.6) is 11.5 Å². The van der Waals surface area contributed by atoms with Crippen LogP contribution in [0.3, 0.4) is 0 Å². The Morgan fingerprint density at radius 2 is 1.69 bits per heavy atom. The van der Waals surface area contributed by atoms with Crippen LogP contribution in [0.2, 0.25) is 5.02 Å². The quantitative estimate of drug-likeness (QED) is 0.199. The lowest BCUT2D eigenvalue weighted by Crippen LogP contribution is -2.27. The van der Waals surface area contributed by atoms with Gasteiger partial charge in [-0.15, -0.1) is 0 Å². The number of para-hydroxylation sites is 1. The van der Waals surface area contributed by atoms with Crippen molar-refractivity contribution in [2.45, 2.75) is 6.18 Å². The summed E-state index contributed by atoms with van der Waals surface area (Å²) in [6, 6.07) is 14.1. The molecule has 0 N–H and O–H groups in total. The second-order valence-corrected chi connectivity index (χ2v) is 8.50. The van der Waals surface area contributed by atoms with Crippen molar-refractivity contribution in [2.75, 3.05) is 4.90 Å². The number of anilines is 1. The maximum Gasteiger partial charge on any atom is 0.416 e. The van der Waals surface area contributed by atoms with Gasteiger partial charge in [-0.3, -0.25) is 19.7 Å². The number of ether oxygens (including phenoxy) is 1. The predicted molar refractivity (Wildman–Crippen MR) is 125 cm³/mol. The van der Waals surface area contributed by atoms with E-state index in [9.17, 15) is 32.9 Å². The Morgan fingerprint density at radius 3 is 2.34 bits per heavy atom. The Morgan fingerprint density at radius 1 is 1.00 bits per heavy atom. The molecule has 178 valence electrons. The number of amides is 2. The highest BCUT2D eigenvalue weighted by molar-refractivity contribution is 8.19. The normalized spacial score (nSPS) is 15.1. The maximum atomic E-state index is 13.0. The van der Waals surface area contributed by atoms with Crippen molar-refractivity contribution in [1.82, 2.24) is 0 Å². The number of carbonyl (C=O) groups excluding carboxylic acids is 2. The molecule has 1 fully saturated rings. The van der Waals surface area contributed by atoms with Crippen molar-refractivity contribution in [1.29, 1.82) is 0 Å². The van der Waals surface area contributed by atoms with E-state index >= 15 is 0 Å². The summed E-state index contributed by atoms with van der Waals surface area (Å²) in [4.78, 5) is 36.8. The highest BCUT2D eigenvalue weighted by Gasteiger charge is 2.37. The first kappa shape index (κ1) is 24.3. The van der Waals surface area contributed by atoms with Gasteiger partial charge in [-0.1, -0.05) is 29.8 Å². The number of halogens is 4. The van der Waals surface area contributed by atoms with Crippen LogP contribution >= 0.6 is 23.4 Å². The second kappa shape index (κ2) is 9.43.